The predicted molar refractivity (Wildman–Crippen MR) is 148 cm³/mol. The number of rotatable bonds is 6. The Morgan fingerprint density at radius 2 is 2.05 bits per heavy atom. The van der Waals surface area contributed by atoms with Crippen molar-refractivity contribution in [2.24, 2.45) is 18.9 Å². The van der Waals surface area contributed by atoms with Gasteiger partial charge in [-0.05, 0) is 61.4 Å². The van der Waals surface area contributed by atoms with E-state index in [0.717, 1.165) is 41.2 Å². The van der Waals surface area contributed by atoms with Gasteiger partial charge in [-0.15, -0.1) is 10.2 Å². The highest BCUT2D eigenvalue weighted by Gasteiger charge is 2.48. The van der Waals surface area contributed by atoms with Crippen LogP contribution in [-0.4, -0.2) is 54.2 Å². The first-order chi connectivity index (χ1) is 18.7. The third-order valence-corrected chi connectivity index (χ3v) is 8.59. The van der Waals surface area contributed by atoms with Gasteiger partial charge >= 0.3 is 0 Å². The van der Waals surface area contributed by atoms with E-state index in [1.807, 2.05) is 54.3 Å². The summed E-state index contributed by atoms with van der Waals surface area (Å²) in [6.45, 7) is 8.29. The highest BCUT2D eigenvalue weighted by molar-refractivity contribution is 6.08. The molecule has 204 valence electrons. The van der Waals surface area contributed by atoms with Crippen molar-refractivity contribution in [3.05, 3.63) is 77.3 Å². The number of nitrogens with zero attached hydrogens (tertiary/aromatic N) is 6. The van der Waals surface area contributed by atoms with E-state index in [2.05, 4.69) is 44.5 Å². The molecule has 1 N–H and O–H groups in total. The van der Waals surface area contributed by atoms with Crippen molar-refractivity contribution < 1.29 is 9.18 Å². The van der Waals surface area contributed by atoms with Crippen LogP contribution in [0.4, 0.5) is 10.1 Å². The van der Waals surface area contributed by atoms with E-state index < -0.39 is 6.17 Å². The van der Waals surface area contributed by atoms with Crippen molar-refractivity contribution in [3.8, 4) is 0 Å². The largest absolute Gasteiger partial charge is 0.322 e. The molecule has 2 aliphatic rings. The molecule has 3 aromatic heterocycles. The van der Waals surface area contributed by atoms with Crippen molar-refractivity contribution >= 4 is 17.2 Å². The van der Waals surface area contributed by atoms with E-state index in [0.29, 0.717) is 43.2 Å². The molecule has 4 aromatic rings. The minimum atomic E-state index is -0.743. The van der Waals surface area contributed by atoms with Crippen molar-refractivity contribution in [1.29, 1.82) is 0 Å². The zero-order valence-electron chi connectivity index (χ0n) is 23.1. The molecule has 0 unspecified atom stereocenters. The van der Waals surface area contributed by atoms with Gasteiger partial charge < -0.3 is 14.3 Å². The number of anilines is 1. The van der Waals surface area contributed by atoms with Crippen LogP contribution in [0.1, 0.15) is 66.1 Å². The molecule has 2 atom stereocenters. The first-order valence-corrected chi connectivity index (χ1v) is 13.8. The maximum Gasteiger partial charge on any atom is 0.259 e. The number of hydrogen-bond acceptors (Lipinski definition) is 5. The maximum atomic E-state index is 14.0. The molecular weight excluding hydrogens is 493 g/mol. The molecule has 0 bridgehead atoms. The highest BCUT2D eigenvalue weighted by atomic mass is 19.1. The Bertz CT molecular complexity index is 1520. The van der Waals surface area contributed by atoms with Crippen LogP contribution in [0.3, 0.4) is 0 Å². The average Bonchev–Trinajstić information content (AvgIpc) is 3.49. The third-order valence-electron chi connectivity index (χ3n) is 8.59. The summed E-state index contributed by atoms with van der Waals surface area (Å²) < 4.78 is 18.0. The number of likely N-dealkylation sites (tertiary alicyclic amines) is 1. The van der Waals surface area contributed by atoms with E-state index in [1.165, 1.54) is 0 Å². The molecule has 1 saturated carbocycles. The molecule has 1 aromatic carbocycles. The lowest BCUT2D eigenvalue weighted by molar-refractivity contribution is 0.0925. The quantitative estimate of drug-likeness (QED) is 0.384. The number of alkyl halides is 1. The van der Waals surface area contributed by atoms with Gasteiger partial charge in [0.15, 0.2) is 0 Å². The first kappa shape index (κ1) is 25.7. The van der Waals surface area contributed by atoms with Crippen molar-refractivity contribution in [3.63, 3.8) is 0 Å². The number of piperidine rings is 1. The number of halogens is 1. The SMILES string of the molecule is Cc1cnc2c(C(=O)Nc3cccc(C4(c5nncn5C)CC(C)C4)c3)cc(CN3CC[C@H](F)[C@H](C)C3)cn12. The lowest BCUT2D eigenvalue weighted by atomic mass is 9.58. The predicted octanol–water partition coefficient (Wildman–Crippen LogP) is 4.92. The summed E-state index contributed by atoms with van der Waals surface area (Å²) >= 11 is 0. The Balaban J connectivity index is 1.29. The third kappa shape index (κ3) is 4.62. The van der Waals surface area contributed by atoms with Gasteiger partial charge in [-0.1, -0.05) is 26.0 Å². The number of pyridine rings is 1. The fraction of sp³-hybridized carbons (Fsp3) is 0.467. The van der Waals surface area contributed by atoms with Crippen LogP contribution in [0.15, 0.2) is 49.1 Å². The van der Waals surface area contributed by atoms with Crippen LogP contribution in [-0.2, 0) is 19.0 Å². The Morgan fingerprint density at radius 3 is 2.77 bits per heavy atom. The van der Waals surface area contributed by atoms with Gasteiger partial charge in [0.05, 0.1) is 11.0 Å². The summed E-state index contributed by atoms with van der Waals surface area (Å²) in [5, 5.41) is 11.7. The summed E-state index contributed by atoms with van der Waals surface area (Å²) in [7, 11) is 1.98. The Labute approximate surface area is 228 Å². The van der Waals surface area contributed by atoms with Crippen molar-refractivity contribution in [2.75, 3.05) is 18.4 Å². The second-order valence-electron chi connectivity index (χ2n) is 11.8. The molecule has 1 aliphatic carbocycles. The molecule has 0 spiro atoms. The standard InChI is InChI=1S/C30H36FN7O/c1-19-12-30(13-19,29-35-33-18-36(29)4)23-6-5-7-24(11-23)34-28(39)25-10-22(17-38-21(3)14-32-27(25)38)16-37-9-8-26(31)20(2)15-37/h5-7,10-11,14,17-20,26H,8-9,12-13,15-16H2,1-4H3,(H,34,39)/t19?,20-,26+,30?/m1/s1. The van der Waals surface area contributed by atoms with E-state index in [9.17, 15) is 9.18 Å². The number of benzene rings is 1. The van der Waals surface area contributed by atoms with Crippen LogP contribution in [0.25, 0.3) is 5.65 Å². The lowest BCUT2D eigenvalue weighted by Crippen LogP contribution is -2.43. The first-order valence-electron chi connectivity index (χ1n) is 13.8. The fourth-order valence-electron chi connectivity index (χ4n) is 6.61. The summed E-state index contributed by atoms with van der Waals surface area (Å²) in [5.74, 6) is 1.36. The van der Waals surface area contributed by atoms with E-state index in [-0.39, 0.29) is 17.2 Å². The van der Waals surface area contributed by atoms with E-state index in [1.54, 1.807) is 12.5 Å². The Hall–Kier alpha value is -3.59. The molecule has 9 heteroatoms. The number of fused-ring (bicyclic) bond motifs is 1. The minimum Gasteiger partial charge on any atom is -0.322 e. The second-order valence-corrected chi connectivity index (χ2v) is 11.8. The monoisotopic (exact) mass is 529 g/mol. The highest BCUT2D eigenvalue weighted by Crippen LogP contribution is 2.51. The van der Waals surface area contributed by atoms with E-state index in [4.69, 9.17) is 0 Å². The normalized spacial score (nSPS) is 25.5. The topological polar surface area (TPSA) is 80.4 Å². The van der Waals surface area contributed by atoms with Crippen LogP contribution < -0.4 is 5.32 Å². The summed E-state index contributed by atoms with van der Waals surface area (Å²) in [5.41, 5.74) is 4.80. The van der Waals surface area contributed by atoms with Gasteiger partial charge in [0.25, 0.3) is 5.91 Å². The Kier molecular flexibility index (Phi) is 6.49. The smallest absolute Gasteiger partial charge is 0.259 e. The van der Waals surface area contributed by atoms with Crippen LogP contribution in [0.5, 0.6) is 0 Å². The molecule has 4 heterocycles. The molecule has 1 aliphatic heterocycles. The average molecular weight is 530 g/mol. The van der Waals surface area contributed by atoms with Gasteiger partial charge in [-0.25, -0.2) is 9.37 Å². The summed E-state index contributed by atoms with van der Waals surface area (Å²) in [4.78, 5) is 20.5. The zero-order valence-corrected chi connectivity index (χ0v) is 23.1. The van der Waals surface area contributed by atoms with Gasteiger partial charge in [0.2, 0.25) is 0 Å². The molecule has 0 radical (unpaired) electrons. The molecule has 2 fully saturated rings. The number of amides is 1. The molecule has 6 rings (SSSR count). The second kappa shape index (κ2) is 9.86. The Morgan fingerprint density at radius 1 is 1.23 bits per heavy atom. The van der Waals surface area contributed by atoms with Crippen LogP contribution in [0, 0.1) is 18.8 Å². The van der Waals surface area contributed by atoms with Crippen LogP contribution >= 0.6 is 0 Å². The zero-order chi connectivity index (χ0) is 27.3. The number of aromatic nitrogens is 5. The van der Waals surface area contributed by atoms with Crippen molar-refractivity contribution in [2.45, 2.75) is 58.2 Å². The maximum absolute atomic E-state index is 14.0. The summed E-state index contributed by atoms with van der Waals surface area (Å²) in [6.07, 6.45) is 7.37. The molecule has 1 saturated heterocycles. The molecule has 39 heavy (non-hydrogen) atoms. The number of nitrogens with one attached hydrogen (secondary N) is 1. The number of carbonyl (C=O) groups excluding carboxylic acids is 1. The summed E-state index contributed by atoms with van der Waals surface area (Å²) in [6, 6.07) is 10.0. The van der Waals surface area contributed by atoms with Gasteiger partial charge in [0.1, 0.15) is 24.0 Å². The number of imidazole rings is 1. The fourth-order valence-corrected chi connectivity index (χ4v) is 6.61. The molecular formula is C30H36FN7O. The van der Waals surface area contributed by atoms with Gasteiger partial charge in [0, 0.05) is 56.4 Å². The van der Waals surface area contributed by atoms with Crippen molar-refractivity contribution in [1.82, 2.24) is 29.0 Å². The number of aryl methyl sites for hydroxylation is 2. The molecule has 8 nitrogen and oxygen atoms in total. The lowest BCUT2D eigenvalue weighted by Gasteiger charge is -2.46. The number of hydrogen-bond donors (Lipinski definition) is 1. The van der Waals surface area contributed by atoms with Gasteiger partial charge in [-0.3, -0.25) is 9.69 Å². The van der Waals surface area contributed by atoms with E-state index >= 15 is 0 Å². The molecule has 1 amide bonds. The number of carbonyl (C=O) groups is 1. The minimum absolute atomic E-state index is 0.0102. The van der Waals surface area contributed by atoms with Crippen LogP contribution in [0.2, 0.25) is 0 Å². The van der Waals surface area contributed by atoms with Gasteiger partial charge in [-0.2, -0.15) is 0 Å².